The van der Waals surface area contributed by atoms with Gasteiger partial charge in [-0.3, -0.25) is 9.78 Å². The lowest BCUT2D eigenvalue weighted by atomic mass is 10.1. The van der Waals surface area contributed by atoms with Gasteiger partial charge >= 0.3 is 0 Å². The number of nitrogens with one attached hydrogen (secondary N) is 1. The Labute approximate surface area is 126 Å². The van der Waals surface area contributed by atoms with Gasteiger partial charge in [0, 0.05) is 18.9 Å². The van der Waals surface area contributed by atoms with Crippen LogP contribution >= 0.6 is 43.2 Å². The third kappa shape index (κ3) is 3.18. The number of rotatable bonds is 3. The first-order valence-corrected chi connectivity index (χ1v) is 7.60. The van der Waals surface area contributed by atoms with E-state index in [-0.39, 0.29) is 5.91 Å². The molecule has 0 radical (unpaired) electrons. The monoisotopic (exact) mass is 388 g/mol. The lowest BCUT2D eigenvalue weighted by Gasteiger charge is -2.06. The van der Waals surface area contributed by atoms with Gasteiger partial charge in [0.2, 0.25) is 0 Å². The summed E-state index contributed by atoms with van der Waals surface area (Å²) in [5.74, 6) is -0.0907. The summed E-state index contributed by atoms with van der Waals surface area (Å²) in [6, 6.07) is 3.73. The zero-order valence-corrected chi connectivity index (χ0v) is 13.5. The van der Waals surface area contributed by atoms with Gasteiger partial charge in [0.05, 0.1) is 13.1 Å². The minimum atomic E-state index is -0.0907. The molecule has 6 heteroatoms. The number of thiophene rings is 1. The maximum absolute atomic E-state index is 12.0. The molecule has 0 saturated carbocycles. The van der Waals surface area contributed by atoms with Crippen LogP contribution in [0.25, 0.3) is 0 Å². The van der Waals surface area contributed by atoms with E-state index in [1.54, 1.807) is 18.5 Å². The van der Waals surface area contributed by atoms with E-state index in [0.717, 1.165) is 18.7 Å². The van der Waals surface area contributed by atoms with Gasteiger partial charge in [0.1, 0.15) is 0 Å². The van der Waals surface area contributed by atoms with Gasteiger partial charge in [-0.25, -0.2) is 0 Å². The molecule has 3 nitrogen and oxygen atoms in total. The van der Waals surface area contributed by atoms with Crippen LogP contribution in [-0.2, 0) is 6.54 Å². The average Bonchev–Trinajstić information content (AvgIpc) is 2.67. The molecule has 18 heavy (non-hydrogen) atoms. The van der Waals surface area contributed by atoms with E-state index < -0.39 is 0 Å². The molecule has 2 heterocycles. The van der Waals surface area contributed by atoms with Gasteiger partial charge in [-0.2, -0.15) is 0 Å². The molecular weight excluding hydrogens is 380 g/mol. The molecule has 0 spiro atoms. The largest absolute Gasteiger partial charge is 0.348 e. The molecule has 0 unspecified atom stereocenters. The minimum absolute atomic E-state index is 0.0907. The summed E-state index contributed by atoms with van der Waals surface area (Å²) >= 11 is 8.21. The highest BCUT2D eigenvalue weighted by Gasteiger charge is 2.13. The first-order valence-electron chi connectivity index (χ1n) is 5.20. The van der Waals surface area contributed by atoms with E-state index in [4.69, 9.17) is 0 Å². The van der Waals surface area contributed by atoms with Gasteiger partial charge in [-0.05, 0) is 62.0 Å². The van der Waals surface area contributed by atoms with Crippen LogP contribution in [0.1, 0.15) is 21.5 Å². The summed E-state index contributed by atoms with van der Waals surface area (Å²) in [7, 11) is 0. The summed E-state index contributed by atoms with van der Waals surface area (Å²) in [5, 5.41) is 2.89. The molecule has 0 saturated heterocycles. The van der Waals surface area contributed by atoms with Crippen molar-refractivity contribution in [2.24, 2.45) is 0 Å². The first-order chi connectivity index (χ1) is 8.58. The summed E-state index contributed by atoms with van der Waals surface area (Å²) < 4.78 is 1.76. The maximum Gasteiger partial charge on any atom is 0.253 e. The van der Waals surface area contributed by atoms with Crippen molar-refractivity contribution in [3.63, 3.8) is 0 Å². The molecule has 1 amide bonds. The number of amides is 1. The predicted molar refractivity (Wildman–Crippen MR) is 79.9 cm³/mol. The number of carbonyl (C=O) groups excluding carboxylic acids is 1. The zero-order chi connectivity index (χ0) is 13.1. The second-order valence-corrected chi connectivity index (χ2v) is 7.47. The highest BCUT2D eigenvalue weighted by Crippen LogP contribution is 2.31. The fraction of sp³-hybridized carbons (Fsp3) is 0.167. The topological polar surface area (TPSA) is 42.0 Å². The normalized spacial score (nSPS) is 10.4. The molecule has 0 fully saturated rings. The molecule has 0 aliphatic carbocycles. The van der Waals surface area contributed by atoms with Crippen LogP contribution in [0.3, 0.4) is 0 Å². The Morgan fingerprint density at radius 2 is 2.28 bits per heavy atom. The van der Waals surface area contributed by atoms with Crippen molar-refractivity contribution in [3.8, 4) is 0 Å². The first kappa shape index (κ1) is 13.7. The number of carbonyl (C=O) groups is 1. The van der Waals surface area contributed by atoms with Crippen LogP contribution in [0.5, 0.6) is 0 Å². The Morgan fingerprint density at radius 3 is 2.89 bits per heavy atom. The number of hydrogen-bond acceptors (Lipinski definition) is 3. The van der Waals surface area contributed by atoms with Crippen LogP contribution in [0.4, 0.5) is 0 Å². The molecule has 2 aromatic rings. The second-order valence-electron chi connectivity index (χ2n) is 3.72. The molecule has 0 bridgehead atoms. The molecule has 0 aliphatic heterocycles. The van der Waals surface area contributed by atoms with Crippen LogP contribution in [-0.4, -0.2) is 10.9 Å². The van der Waals surface area contributed by atoms with Gasteiger partial charge in [0.15, 0.2) is 0 Å². The van der Waals surface area contributed by atoms with Gasteiger partial charge in [-0.1, -0.05) is 0 Å². The minimum Gasteiger partial charge on any atom is -0.348 e. The van der Waals surface area contributed by atoms with E-state index >= 15 is 0 Å². The molecule has 2 aromatic heterocycles. The quantitative estimate of drug-likeness (QED) is 0.864. The average molecular weight is 390 g/mol. The van der Waals surface area contributed by atoms with Crippen molar-refractivity contribution in [2.45, 2.75) is 13.5 Å². The Kier molecular flexibility index (Phi) is 4.53. The SMILES string of the molecule is Cc1ccncc1CNC(=O)c1cc(Br)sc1Br. The summed E-state index contributed by atoms with van der Waals surface area (Å²) in [5.41, 5.74) is 2.79. The molecule has 2 rings (SSSR count). The molecule has 0 atom stereocenters. The predicted octanol–water partition coefficient (Wildman–Crippen LogP) is 3.91. The zero-order valence-electron chi connectivity index (χ0n) is 9.54. The highest BCUT2D eigenvalue weighted by molar-refractivity contribution is 9.12. The summed E-state index contributed by atoms with van der Waals surface area (Å²) in [4.78, 5) is 16.0. The van der Waals surface area contributed by atoms with Crippen molar-refractivity contribution in [3.05, 3.63) is 48.8 Å². The van der Waals surface area contributed by atoms with Crippen LogP contribution in [0.15, 0.2) is 32.1 Å². The number of aromatic nitrogens is 1. The van der Waals surface area contributed by atoms with Gasteiger partial charge in [-0.15, -0.1) is 11.3 Å². The number of hydrogen-bond donors (Lipinski definition) is 1. The van der Waals surface area contributed by atoms with E-state index in [0.29, 0.717) is 12.1 Å². The molecule has 94 valence electrons. The molecule has 0 aliphatic rings. The number of halogens is 2. The third-order valence-corrected chi connectivity index (χ3v) is 4.83. The van der Waals surface area contributed by atoms with Crippen molar-refractivity contribution >= 4 is 49.1 Å². The van der Waals surface area contributed by atoms with Crippen LogP contribution in [0.2, 0.25) is 0 Å². The van der Waals surface area contributed by atoms with E-state index in [1.165, 1.54) is 11.3 Å². The highest BCUT2D eigenvalue weighted by atomic mass is 79.9. The Morgan fingerprint density at radius 1 is 1.50 bits per heavy atom. The van der Waals surface area contributed by atoms with Gasteiger partial charge in [0.25, 0.3) is 5.91 Å². The van der Waals surface area contributed by atoms with Crippen molar-refractivity contribution in [1.82, 2.24) is 10.3 Å². The Bertz CT molecular complexity index is 583. The number of nitrogens with zero attached hydrogens (tertiary/aromatic N) is 1. The third-order valence-electron chi connectivity index (χ3n) is 2.49. The lowest BCUT2D eigenvalue weighted by Crippen LogP contribution is -2.23. The smallest absolute Gasteiger partial charge is 0.253 e. The lowest BCUT2D eigenvalue weighted by molar-refractivity contribution is 0.0950. The molecular formula is C12H10Br2N2OS. The van der Waals surface area contributed by atoms with Crippen molar-refractivity contribution < 1.29 is 4.79 Å². The van der Waals surface area contributed by atoms with Crippen molar-refractivity contribution in [2.75, 3.05) is 0 Å². The fourth-order valence-electron chi connectivity index (χ4n) is 1.45. The van der Waals surface area contributed by atoms with Crippen LogP contribution < -0.4 is 5.32 Å². The van der Waals surface area contributed by atoms with Crippen molar-refractivity contribution in [1.29, 1.82) is 0 Å². The fourth-order valence-corrected chi connectivity index (χ4v) is 4.24. The van der Waals surface area contributed by atoms with Crippen LogP contribution in [0, 0.1) is 6.92 Å². The Hall–Kier alpha value is -0.720. The number of aryl methyl sites for hydroxylation is 1. The van der Waals surface area contributed by atoms with E-state index in [2.05, 4.69) is 42.2 Å². The summed E-state index contributed by atoms with van der Waals surface area (Å²) in [6.07, 6.45) is 3.52. The van der Waals surface area contributed by atoms with Gasteiger partial charge < -0.3 is 5.32 Å². The van der Waals surface area contributed by atoms with E-state index in [1.807, 2.05) is 13.0 Å². The standard InChI is InChI=1S/C12H10Br2N2OS/c1-7-2-3-15-5-8(7)6-16-12(17)9-4-10(13)18-11(9)14/h2-5H,6H2,1H3,(H,16,17). The molecule has 0 aromatic carbocycles. The molecule has 1 N–H and O–H groups in total. The Balaban J connectivity index is 2.05. The number of pyridine rings is 1. The summed E-state index contributed by atoms with van der Waals surface area (Å²) in [6.45, 7) is 2.48. The van der Waals surface area contributed by atoms with E-state index in [9.17, 15) is 4.79 Å². The second kappa shape index (κ2) is 5.95. The maximum atomic E-state index is 12.0.